The fraction of sp³-hybridized carbons (Fsp3) is 0.448. The van der Waals surface area contributed by atoms with Crippen molar-refractivity contribution < 1.29 is 19.4 Å². The van der Waals surface area contributed by atoms with Gasteiger partial charge in [-0.05, 0) is 49.2 Å². The van der Waals surface area contributed by atoms with Crippen LogP contribution in [0.3, 0.4) is 0 Å². The van der Waals surface area contributed by atoms with E-state index in [1.807, 2.05) is 43.3 Å². The van der Waals surface area contributed by atoms with E-state index in [9.17, 15) is 14.7 Å². The summed E-state index contributed by atoms with van der Waals surface area (Å²) in [5.41, 5.74) is 2.47. The maximum atomic E-state index is 13.8. The van der Waals surface area contributed by atoms with Gasteiger partial charge < -0.3 is 20.1 Å². The van der Waals surface area contributed by atoms with E-state index < -0.39 is 25.4 Å². The molecule has 206 valence electrons. The van der Waals surface area contributed by atoms with E-state index in [-0.39, 0.29) is 31.4 Å². The van der Waals surface area contributed by atoms with Crippen molar-refractivity contribution in [3.63, 3.8) is 0 Å². The minimum atomic E-state index is -1.07. The van der Waals surface area contributed by atoms with Gasteiger partial charge in [0.05, 0.1) is 20.7 Å². The Morgan fingerprint density at radius 3 is 2.50 bits per heavy atom. The SMILES string of the molecule is C=C(C)[C@H]1N(CCO)C(=O)C[C@@H](c2cccc(Cl)c2)[C@]12C(=O)Nc1cc(Br)ccc12.COC(C)[Si](C)(C)C. The van der Waals surface area contributed by atoms with Crippen LogP contribution in [0.1, 0.15) is 37.3 Å². The second-order valence-corrected chi connectivity index (χ2v) is 18.0. The number of methoxy groups -OCH3 is 1. The van der Waals surface area contributed by atoms with Gasteiger partial charge in [-0.15, -0.1) is 0 Å². The van der Waals surface area contributed by atoms with E-state index in [1.54, 1.807) is 18.1 Å². The minimum absolute atomic E-state index is 0.119. The summed E-state index contributed by atoms with van der Waals surface area (Å²) in [7, 11) is 0.798. The average Bonchev–Trinajstić information content (AvgIpc) is 3.11. The molecule has 2 aromatic carbocycles. The van der Waals surface area contributed by atoms with Crippen molar-refractivity contribution >= 4 is 53.1 Å². The first kappa shape index (κ1) is 30.6. The molecular formula is C29H38BrClN2O4Si. The van der Waals surface area contributed by atoms with Crippen molar-refractivity contribution in [2.24, 2.45) is 0 Å². The van der Waals surface area contributed by atoms with Crippen LogP contribution in [0.25, 0.3) is 0 Å². The molecule has 0 saturated carbocycles. The fourth-order valence-corrected chi connectivity index (χ4v) is 6.72. The van der Waals surface area contributed by atoms with Gasteiger partial charge in [-0.3, -0.25) is 9.59 Å². The van der Waals surface area contributed by atoms with Gasteiger partial charge in [0.2, 0.25) is 11.8 Å². The molecule has 38 heavy (non-hydrogen) atoms. The number of aliphatic hydroxyl groups excluding tert-OH is 1. The van der Waals surface area contributed by atoms with E-state index >= 15 is 0 Å². The van der Waals surface area contributed by atoms with Crippen LogP contribution < -0.4 is 5.32 Å². The summed E-state index contributed by atoms with van der Waals surface area (Å²) in [5, 5.41) is 13.2. The first-order valence-corrected chi connectivity index (χ1v) is 17.5. The molecule has 2 aliphatic heterocycles. The van der Waals surface area contributed by atoms with Crippen LogP contribution in [0.15, 0.2) is 59.1 Å². The van der Waals surface area contributed by atoms with E-state index in [2.05, 4.69) is 54.4 Å². The third-order valence-corrected chi connectivity index (χ3v) is 11.1. The standard InChI is InChI=1S/C23H22BrClN2O3.C6H16OSi/c1-13(2)21-23(17-7-6-15(24)11-19(17)26-22(23)30)18(12-20(29)27(21)8-9-28)14-4-3-5-16(25)10-14;1-6(7-2)8(3,4)5/h3-7,10-11,18,21,28H,1,8-9,12H2,2H3,(H,26,30);6H,1-5H3/t18-,21+,23-;/m0./s1. The summed E-state index contributed by atoms with van der Waals surface area (Å²) in [6.07, 6.45) is 0.132. The lowest BCUT2D eigenvalue weighted by molar-refractivity contribution is -0.144. The number of fused-ring (bicyclic) bond motifs is 2. The van der Waals surface area contributed by atoms with Crippen molar-refractivity contribution in [2.45, 2.75) is 63.0 Å². The molecular weight excluding hydrogens is 584 g/mol. The Hall–Kier alpha value is -1.97. The molecule has 0 aromatic heterocycles. The second-order valence-electron chi connectivity index (χ2n) is 11.1. The number of benzene rings is 2. The number of rotatable bonds is 6. The fourth-order valence-electron chi connectivity index (χ4n) is 5.45. The molecule has 1 fully saturated rings. The number of hydrogen-bond donors (Lipinski definition) is 2. The molecule has 0 radical (unpaired) electrons. The van der Waals surface area contributed by atoms with E-state index in [0.29, 0.717) is 22.0 Å². The molecule has 0 bridgehead atoms. The number of aliphatic hydroxyl groups is 1. The molecule has 1 unspecified atom stereocenters. The van der Waals surface area contributed by atoms with Crippen molar-refractivity contribution in [1.29, 1.82) is 0 Å². The molecule has 2 N–H and O–H groups in total. The molecule has 4 rings (SSSR count). The highest BCUT2D eigenvalue weighted by Gasteiger charge is 2.63. The zero-order valence-corrected chi connectivity index (χ0v) is 26.3. The lowest BCUT2D eigenvalue weighted by atomic mass is 9.58. The van der Waals surface area contributed by atoms with Gasteiger partial charge in [-0.1, -0.05) is 77.5 Å². The summed E-state index contributed by atoms with van der Waals surface area (Å²) in [6.45, 7) is 15.0. The number of halogens is 2. The Kier molecular flexibility index (Phi) is 9.69. The predicted molar refractivity (Wildman–Crippen MR) is 160 cm³/mol. The van der Waals surface area contributed by atoms with Gasteiger partial charge in [0.25, 0.3) is 0 Å². The van der Waals surface area contributed by atoms with Gasteiger partial charge in [0.1, 0.15) is 5.41 Å². The van der Waals surface area contributed by atoms with Crippen LogP contribution in [0.2, 0.25) is 24.7 Å². The lowest BCUT2D eigenvalue weighted by Gasteiger charge is -2.51. The summed E-state index contributed by atoms with van der Waals surface area (Å²) in [5.74, 6) is -0.724. The Labute approximate surface area is 240 Å². The molecule has 6 nitrogen and oxygen atoms in total. The normalized spacial score (nSPS) is 23.4. The number of nitrogens with one attached hydrogen (secondary N) is 1. The number of carbonyl (C=O) groups excluding carboxylic acids is 2. The molecule has 1 spiro atoms. The molecule has 2 heterocycles. The summed E-state index contributed by atoms with van der Waals surface area (Å²) >= 11 is 9.75. The number of hydrogen-bond acceptors (Lipinski definition) is 4. The third-order valence-electron chi connectivity index (χ3n) is 7.67. The number of likely N-dealkylation sites (tertiary alicyclic amines) is 1. The summed E-state index contributed by atoms with van der Waals surface area (Å²) in [4.78, 5) is 28.5. The van der Waals surface area contributed by atoms with E-state index in [4.69, 9.17) is 16.3 Å². The maximum Gasteiger partial charge on any atom is 0.238 e. The van der Waals surface area contributed by atoms with Gasteiger partial charge in [-0.2, -0.15) is 0 Å². The van der Waals surface area contributed by atoms with Gasteiger partial charge in [0.15, 0.2) is 0 Å². The zero-order chi connectivity index (χ0) is 28.4. The number of anilines is 1. The molecule has 1 saturated heterocycles. The first-order chi connectivity index (χ1) is 17.8. The highest BCUT2D eigenvalue weighted by atomic mass is 79.9. The van der Waals surface area contributed by atoms with Crippen molar-refractivity contribution in [3.8, 4) is 0 Å². The van der Waals surface area contributed by atoms with Crippen molar-refractivity contribution in [2.75, 3.05) is 25.6 Å². The van der Waals surface area contributed by atoms with Crippen LogP contribution in [0.5, 0.6) is 0 Å². The largest absolute Gasteiger partial charge is 0.395 e. The van der Waals surface area contributed by atoms with Crippen LogP contribution >= 0.6 is 27.5 Å². The van der Waals surface area contributed by atoms with E-state index in [0.717, 1.165) is 15.6 Å². The van der Waals surface area contributed by atoms with Crippen LogP contribution in [-0.4, -0.2) is 61.9 Å². The van der Waals surface area contributed by atoms with Crippen LogP contribution in [0.4, 0.5) is 5.69 Å². The quantitative estimate of drug-likeness (QED) is 0.300. The number of carbonyl (C=O) groups is 2. The number of amides is 2. The van der Waals surface area contributed by atoms with Gasteiger partial charge in [-0.25, -0.2) is 0 Å². The monoisotopic (exact) mass is 620 g/mol. The number of nitrogens with zero attached hydrogens (tertiary/aromatic N) is 1. The minimum Gasteiger partial charge on any atom is -0.395 e. The molecule has 2 aromatic rings. The number of piperidine rings is 1. The zero-order valence-electron chi connectivity index (χ0n) is 23.0. The highest BCUT2D eigenvalue weighted by Crippen LogP contribution is 2.56. The highest BCUT2D eigenvalue weighted by molar-refractivity contribution is 9.10. The lowest BCUT2D eigenvalue weighted by Crippen LogP contribution is -2.64. The van der Waals surface area contributed by atoms with Gasteiger partial charge >= 0.3 is 0 Å². The topological polar surface area (TPSA) is 78.9 Å². The van der Waals surface area contributed by atoms with Crippen LogP contribution in [0, 0.1) is 0 Å². The van der Waals surface area contributed by atoms with Crippen molar-refractivity contribution in [1.82, 2.24) is 4.90 Å². The molecule has 9 heteroatoms. The molecule has 4 atom stereocenters. The number of ether oxygens (including phenoxy) is 1. The number of β-amino-alcohol motifs (C(OH)–C–C–N with tert-alkyl or cyclic N) is 1. The van der Waals surface area contributed by atoms with Gasteiger partial charge in [0, 0.05) is 46.9 Å². The van der Waals surface area contributed by atoms with Crippen LogP contribution in [-0.2, 0) is 19.7 Å². The summed E-state index contributed by atoms with van der Waals surface area (Å²) in [6, 6.07) is 12.4. The van der Waals surface area contributed by atoms with E-state index in [1.165, 1.54) is 0 Å². The molecule has 0 aliphatic carbocycles. The molecule has 2 amide bonds. The first-order valence-electron chi connectivity index (χ1n) is 12.7. The summed E-state index contributed by atoms with van der Waals surface area (Å²) < 4.78 is 6.03. The predicted octanol–water partition coefficient (Wildman–Crippen LogP) is 6.14. The van der Waals surface area contributed by atoms with Crippen molar-refractivity contribution in [3.05, 3.63) is 75.2 Å². The Morgan fingerprint density at radius 1 is 1.29 bits per heavy atom. The Bertz CT molecular complexity index is 1220. The third kappa shape index (κ3) is 5.80. The smallest absolute Gasteiger partial charge is 0.238 e. The Morgan fingerprint density at radius 2 is 1.97 bits per heavy atom. The maximum absolute atomic E-state index is 13.8. The molecule has 2 aliphatic rings. The second kappa shape index (κ2) is 12.0. The Balaban J connectivity index is 0.000000436. The average molecular weight is 622 g/mol.